The van der Waals surface area contributed by atoms with E-state index in [0.29, 0.717) is 10.5 Å². The van der Waals surface area contributed by atoms with Crippen LogP contribution in [0.5, 0.6) is 11.9 Å². The molecule has 3 rings (SSSR count). The maximum absolute atomic E-state index is 12.7. The standard InChI is InChI=1S/C15H11ClF4N4O4S/c16-7-1-2-8-9(3-7)21-5-11(8)29(25,26)24-10-4-22-15(27-6-12(17)18)23-13(10)28-14(19)20/h1-5,12,14,21,24H,6H2. The fourth-order valence-corrected chi connectivity index (χ4v) is 3.69. The lowest BCUT2D eigenvalue weighted by Crippen LogP contribution is -2.16. The lowest BCUT2D eigenvalue weighted by atomic mass is 10.2. The second-order valence-electron chi connectivity index (χ2n) is 5.40. The summed E-state index contributed by atoms with van der Waals surface area (Å²) < 4.78 is 85.9. The summed E-state index contributed by atoms with van der Waals surface area (Å²) in [6.45, 7) is -4.46. The Bertz CT molecular complexity index is 1130. The molecule has 2 aromatic heterocycles. The molecule has 3 aromatic rings. The van der Waals surface area contributed by atoms with Crippen molar-refractivity contribution in [2.24, 2.45) is 0 Å². The molecule has 1 aromatic carbocycles. The van der Waals surface area contributed by atoms with Crippen LogP contribution < -0.4 is 14.2 Å². The molecule has 0 saturated carbocycles. The number of rotatable bonds is 8. The van der Waals surface area contributed by atoms with Crippen LogP contribution in [0, 0.1) is 0 Å². The van der Waals surface area contributed by atoms with Crippen molar-refractivity contribution in [1.29, 1.82) is 0 Å². The molecule has 2 heterocycles. The van der Waals surface area contributed by atoms with Crippen molar-refractivity contribution in [2.45, 2.75) is 17.9 Å². The quantitative estimate of drug-likeness (QED) is 0.503. The Labute approximate surface area is 165 Å². The van der Waals surface area contributed by atoms with E-state index >= 15 is 0 Å². The van der Waals surface area contributed by atoms with Crippen molar-refractivity contribution >= 4 is 38.2 Å². The van der Waals surface area contributed by atoms with Gasteiger partial charge in [-0.25, -0.2) is 22.2 Å². The largest absolute Gasteiger partial charge is 0.457 e. The molecular weight excluding hydrogens is 444 g/mol. The third kappa shape index (κ3) is 4.98. The van der Waals surface area contributed by atoms with Crippen LogP contribution in [0.3, 0.4) is 0 Å². The van der Waals surface area contributed by atoms with E-state index in [1.807, 2.05) is 4.72 Å². The Morgan fingerprint density at radius 2 is 2.00 bits per heavy atom. The molecule has 0 aliphatic heterocycles. The fraction of sp³-hybridized carbons (Fsp3) is 0.200. The zero-order valence-electron chi connectivity index (χ0n) is 14.1. The first-order valence-electron chi connectivity index (χ1n) is 7.68. The molecule has 2 N–H and O–H groups in total. The maximum Gasteiger partial charge on any atom is 0.388 e. The van der Waals surface area contributed by atoms with E-state index in [4.69, 9.17) is 11.6 Å². The molecule has 0 unspecified atom stereocenters. The molecule has 14 heteroatoms. The normalized spacial score (nSPS) is 12.0. The number of alkyl halides is 4. The van der Waals surface area contributed by atoms with Gasteiger partial charge in [0.1, 0.15) is 10.6 Å². The van der Waals surface area contributed by atoms with Crippen molar-refractivity contribution in [2.75, 3.05) is 11.3 Å². The number of nitrogens with zero attached hydrogens (tertiary/aromatic N) is 2. The van der Waals surface area contributed by atoms with Crippen molar-refractivity contribution in [3.63, 3.8) is 0 Å². The number of benzene rings is 1. The fourth-order valence-electron chi connectivity index (χ4n) is 2.30. The molecule has 0 amide bonds. The molecule has 0 radical (unpaired) electrons. The Morgan fingerprint density at radius 3 is 2.69 bits per heavy atom. The number of fused-ring (bicyclic) bond motifs is 1. The molecule has 0 saturated heterocycles. The van der Waals surface area contributed by atoms with Crippen molar-refractivity contribution in [3.05, 3.63) is 35.6 Å². The number of hydrogen-bond donors (Lipinski definition) is 2. The molecule has 0 spiro atoms. The highest BCUT2D eigenvalue weighted by Crippen LogP contribution is 2.30. The van der Waals surface area contributed by atoms with Gasteiger partial charge in [0, 0.05) is 22.1 Å². The number of aromatic nitrogens is 3. The zero-order valence-corrected chi connectivity index (χ0v) is 15.6. The maximum atomic E-state index is 12.7. The second kappa shape index (κ2) is 8.29. The topological polar surface area (TPSA) is 106 Å². The Kier molecular flexibility index (Phi) is 5.98. The van der Waals surface area contributed by atoms with Gasteiger partial charge in [0.25, 0.3) is 16.4 Å². The molecule has 156 valence electrons. The van der Waals surface area contributed by atoms with Crippen molar-refractivity contribution in [1.82, 2.24) is 15.0 Å². The summed E-state index contributed by atoms with van der Waals surface area (Å²) in [4.78, 5) is 9.44. The summed E-state index contributed by atoms with van der Waals surface area (Å²) in [5, 5.41) is 0.660. The van der Waals surface area contributed by atoms with Crippen LogP contribution in [0.25, 0.3) is 10.9 Å². The predicted octanol–water partition coefficient (Wildman–Crippen LogP) is 3.66. The van der Waals surface area contributed by atoms with Crippen LogP contribution in [0.2, 0.25) is 5.02 Å². The molecule has 0 aliphatic carbocycles. The summed E-state index contributed by atoms with van der Waals surface area (Å²) in [5.74, 6) is -0.897. The van der Waals surface area contributed by atoms with E-state index in [2.05, 4.69) is 24.4 Å². The minimum absolute atomic E-state index is 0.204. The van der Waals surface area contributed by atoms with Gasteiger partial charge in [-0.3, -0.25) is 4.72 Å². The van der Waals surface area contributed by atoms with E-state index in [0.717, 1.165) is 6.20 Å². The Hall–Kier alpha value is -2.80. The Balaban J connectivity index is 1.94. The monoisotopic (exact) mass is 454 g/mol. The number of ether oxygens (including phenoxy) is 2. The van der Waals surface area contributed by atoms with Gasteiger partial charge in [-0.05, 0) is 18.2 Å². The lowest BCUT2D eigenvalue weighted by molar-refractivity contribution is -0.0528. The van der Waals surface area contributed by atoms with Gasteiger partial charge < -0.3 is 14.5 Å². The first-order valence-corrected chi connectivity index (χ1v) is 9.54. The number of H-pyrrole nitrogens is 1. The number of anilines is 1. The summed E-state index contributed by atoms with van der Waals surface area (Å²) in [6, 6.07) is 3.74. The first-order chi connectivity index (χ1) is 13.7. The molecular formula is C15H11ClF4N4O4S. The lowest BCUT2D eigenvalue weighted by Gasteiger charge is -2.13. The minimum atomic E-state index is -4.30. The number of nitrogens with one attached hydrogen (secondary N) is 2. The van der Waals surface area contributed by atoms with Gasteiger partial charge in [0.2, 0.25) is 5.88 Å². The van der Waals surface area contributed by atoms with Crippen LogP contribution >= 0.6 is 11.6 Å². The summed E-state index contributed by atoms with van der Waals surface area (Å²) in [6.07, 6.45) is -0.918. The van der Waals surface area contributed by atoms with Crippen LogP contribution in [0.4, 0.5) is 23.2 Å². The second-order valence-corrected chi connectivity index (χ2v) is 7.49. The van der Waals surface area contributed by atoms with Gasteiger partial charge in [-0.1, -0.05) is 11.6 Å². The summed E-state index contributed by atoms with van der Waals surface area (Å²) >= 11 is 5.85. The molecule has 0 fully saturated rings. The van der Waals surface area contributed by atoms with E-state index in [9.17, 15) is 26.0 Å². The zero-order chi connectivity index (χ0) is 21.2. The summed E-state index contributed by atoms with van der Waals surface area (Å²) in [5.41, 5.74) is -0.119. The van der Waals surface area contributed by atoms with Crippen LogP contribution in [0.15, 0.2) is 35.5 Å². The average molecular weight is 455 g/mol. The molecule has 0 aliphatic rings. The number of aromatic amines is 1. The molecule has 29 heavy (non-hydrogen) atoms. The van der Waals surface area contributed by atoms with Crippen molar-refractivity contribution in [3.8, 4) is 11.9 Å². The summed E-state index contributed by atoms with van der Waals surface area (Å²) in [7, 11) is -4.30. The first kappa shape index (κ1) is 20.9. The SMILES string of the molecule is O=S(=O)(Nc1cnc(OCC(F)F)nc1OC(F)F)c1c[nH]c2cc(Cl)ccc12. The van der Waals surface area contributed by atoms with E-state index in [-0.39, 0.29) is 10.3 Å². The van der Waals surface area contributed by atoms with Gasteiger partial charge in [0.15, 0.2) is 6.61 Å². The van der Waals surface area contributed by atoms with Gasteiger partial charge in [-0.2, -0.15) is 13.8 Å². The highest BCUT2D eigenvalue weighted by atomic mass is 35.5. The highest BCUT2D eigenvalue weighted by molar-refractivity contribution is 7.93. The molecule has 0 bridgehead atoms. The van der Waals surface area contributed by atoms with Gasteiger partial charge in [0.05, 0.1) is 6.20 Å². The number of sulfonamides is 1. The predicted molar refractivity (Wildman–Crippen MR) is 94.3 cm³/mol. The smallest absolute Gasteiger partial charge is 0.388 e. The average Bonchev–Trinajstić information content (AvgIpc) is 3.05. The van der Waals surface area contributed by atoms with E-state index in [1.54, 1.807) is 0 Å². The van der Waals surface area contributed by atoms with E-state index in [1.165, 1.54) is 24.4 Å². The third-order valence-electron chi connectivity index (χ3n) is 3.41. The van der Waals surface area contributed by atoms with Gasteiger partial charge >= 0.3 is 12.6 Å². The molecule has 8 nitrogen and oxygen atoms in total. The number of hydrogen-bond acceptors (Lipinski definition) is 6. The molecule has 0 atom stereocenters. The van der Waals surface area contributed by atoms with Crippen LogP contribution in [-0.4, -0.2) is 43.0 Å². The number of halogens is 5. The van der Waals surface area contributed by atoms with Crippen molar-refractivity contribution < 1.29 is 35.5 Å². The van der Waals surface area contributed by atoms with Crippen LogP contribution in [0.1, 0.15) is 0 Å². The van der Waals surface area contributed by atoms with E-state index < -0.39 is 47.2 Å². The minimum Gasteiger partial charge on any atom is -0.457 e. The highest BCUT2D eigenvalue weighted by Gasteiger charge is 2.23. The van der Waals surface area contributed by atoms with Crippen LogP contribution in [-0.2, 0) is 10.0 Å². The van der Waals surface area contributed by atoms with Gasteiger partial charge in [-0.15, -0.1) is 0 Å². The Morgan fingerprint density at radius 1 is 1.24 bits per heavy atom. The third-order valence-corrected chi connectivity index (χ3v) is 5.05.